The van der Waals surface area contributed by atoms with Crippen LogP contribution in [-0.4, -0.2) is 46.1 Å². The van der Waals surface area contributed by atoms with E-state index in [1.807, 2.05) is 0 Å². The Hall–Kier alpha value is -1.64. The summed E-state index contributed by atoms with van der Waals surface area (Å²) in [5.74, 6) is 0.371. The Balaban J connectivity index is 2.10. The van der Waals surface area contributed by atoms with Crippen molar-refractivity contribution in [2.24, 2.45) is 0 Å². The summed E-state index contributed by atoms with van der Waals surface area (Å²) < 4.78 is 42.7. The van der Waals surface area contributed by atoms with E-state index in [2.05, 4.69) is 10.2 Å². The topological polar surface area (TPSA) is 62.4 Å². The van der Waals surface area contributed by atoms with E-state index in [0.29, 0.717) is 10.6 Å². The van der Waals surface area contributed by atoms with Gasteiger partial charge in [-0.3, -0.25) is 4.90 Å². The molecule has 0 bridgehead atoms. The average Bonchev–Trinajstić information content (AvgIpc) is 2.95. The third kappa shape index (κ3) is 4.43. The normalized spacial score (nSPS) is 15.0. The molecular formula is C14H15ClF3N3O2. The van der Waals surface area contributed by atoms with Gasteiger partial charge in [-0.05, 0) is 32.2 Å². The quantitative estimate of drug-likeness (QED) is 0.897. The molecule has 2 aromatic rings. The largest absolute Gasteiger partial charge is 0.419 e. The molecule has 0 spiro atoms. The van der Waals surface area contributed by atoms with Gasteiger partial charge in [-0.1, -0.05) is 17.7 Å². The van der Waals surface area contributed by atoms with Crippen molar-refractivity contribution in [2.75, 3.05) is 13.6 Å². The fourth-order valence-electron chi connectivity index (χ4n) is 1.86. The van der Waals surface area contributed by atoms with E-state index in [9.17, 15) is 13.2 Å². The van der Waals surface area contributed by atoms with Crippen LogP contribution in [0.4, 0.5) is 13.2 Å². The van der Waals surface area contributed by atoms with Crippen molar-refractivity contribution < 1.29 is 22.7 Å². The second kappa shape index (κ2) is 6.86. The van der Waals surface area contributed by atoms with Crippen LogP contribution in [0, 0.1) is 0 Å². The zero-order valence-electron chi connectivity index (χ0n) is 12.4. The highest BCUT2D eigenvalue weighted by molar-refractivity contribution is 6.30. The monoisotopic (exact) mass is 349 g/mol. The molecule has 0 saturated carbocycles. The van der Waals surface area contributed by atoms with Gasteiger partial charge in [-0.2, -0.15) is 13.2 Å². The zero-order valence-corrected chi connectivity index (χ0v) is 13.1. The standard InChI is InChI=1S/C14H15ClF3N3O2/c1-8(21(2)7-11(22)14(16,17)18)12-19-20-13(23-12)9-4-3-5-10(15)6-9/h3-6,8,11,22H,7H2,1-2H3. The Bertz CT molecular complexity index is 663. The lowest BCUT2D eigenvalue weighted by Crippen LogP contribution is -2.40. The number of hydrogen-bond donors (Lipinski definition) is 1. The molecule has 0 fully saturated rings. The number of nitrogens with zero attached hydrogens (tertiary/aromatic N) is 3. The van der Waals surface area contributed by atoms with Gasteiger partial charge < -0.3 is 9.52 Å². The molecule has 2 rings (SSSR count). The maximum Gasteiger partial charge on any atom is 0.415 e. The van der Waals surface area contributed by atoms with Crippen molar-refractivity contribution in [3.8, 4) is 11.5 Å². The lowest BCUT2D eigenvalue weighted by molar-refractivity contribution is -0.208. The van der Waals surface area contributed by atoms with Crippen molar-refractivity contribution in [2.45, 2.75) is 25.2 Å². The van der Waals surface area contributed by atoms with Crippen molar-refractivity contribution >= 4 is 11.6 Å². The number of benzene rings is 1. The fraction of sp³-hybridized carbons (Fsp3) is 0.429. The van der Waals surface area contributed by atoms with Crippen molar-refractivity contribution in [3.05, 3.63) is 35.2 Å². The number of likely N-dealkylation sites (N-methyl/N-ethyl adjacent to an activating group) is 1. The molecule has 0 aliphatic carbocycles. The first kappa shape index (κ1) is 17.7. The van der Waals surface area contributed by atoms with Gasteiger partial charge >= 0.3 is 6.18 Å². The predicted molar refractivity (Wildman–Crippen MR) is 77.9 cm³/mol. The number of aromatic nitrogens is 2. The molecule has 9 heteroatoms. The number of halogens is 4. The van der Waals surface area contributed by atoms with Crippen LogP contribution in [0.25, 0.3) is 11.5 Å². The minimum Gasteiger partial charge on any atom is -0.419 e. The maximum absolute atomic E-state index is 12.4. The van der Waals surface area contributed by atoms with Crippen LogP contribution in [0.5, 0.6) is 0 Å². The van der Waals surface area contributed by atoms with Gasteiger partial charge in [0.05, 0.1) is 6.04 Å². The summed E-state index contributed by atoms with van der Waals surface area (Å²) in [6.07, 6.45) is -7.11. The summed E-state index contributed by atoms with van der Waals surface area (Å²) in [5.41, 5.74) is 0.612. The van der Waals surface area contributed by atoms with Gasteiger partial charge in [0.2, 0.25) is 11.8 Å². The maximum atomic E-state index is 12.4. The molecule has 2 atom stereocenters. The highest BCUT2D eigenvalue weighted by Gasteiger charge is 2.39. The number of rotatable bonds is 5. The molecule has 2 unspecified atom stereocenters. The number of alkyl halides is 3. The Morgan fingerprint density at radius 2 is 2.04 bits per heavy atom. The van der Waals surface area contributed by atoms with E-state index in [1.54, 1.807) is 31.2 Å². The highest BCUT2D eigenvalue weighted by atomic mass is 35.5. The first-order valence-corrected chi connectivity index (χ1v) is 7.10. The van der Waals surface area contributed by atoms with E-state index in [0.717, 1.165) is 0 Å². The molecule has 0 aliphatic heterocycles. The first-order valence-electron chi connectivity index (χ1n) is 6.73. The fourth-order valence-corrected chi connectivity index (χ4v) is 2.05. The molecular weight excluding hydrogens is 335 g/mol. The lowest BCUT2D eigenvalue weighted by Gasteiger charge is -2.25. The van der Waals surface area contributed by atoms with Gasteiger partial charge in [0.25, 0.3) is 0 Å². The Morgan fingerprint density at radius 3 is 2.65 bits per heavy atom. The second-order valence-electron chi connectivity index (χ2n) is 5.13. The van der Waals surface area contributed by atoms with E-state index >= 15 is 0 Å². The second-order valence-corrected chi connectivity index (χ2v) is 5.57. The minimum absolute atomic E-state index is 0.150. The molecule has 5 nitrogen and oxygen atoms in total. The highest BCUT2D eigenvalue weighted by Crippen LogP contribution is 2.27. The number of aliphatic hydroxyl groups excluding tert-OH is 1. The first-order chi connectivity index (χ1) is 10.7. The number of aliphatic hydroxyl groups is 1. The summed E-state index contributed by atoms with van der Waals surface area (Å²) >= 11 is 5.88. The van der Waals surface area contributed by atoms with E-state index in [-0.39, 0.29) is 11.8 Å². The van der Waals surface area contributed by atoms with E-state index in [1.165, 1.54) is 11.9 Å². The average molecular weight is 350 g/mol. The minimum atomic E-state index is -4.67. The molecule has 0 amide bonds. The lowest BCUT2D eigenvalue weighted by atomic mass is 10.2. The molecule has 0 aliphatic rings. The molecule has 1 N–H and O–H groups in total. The molecule has 23 heavy (non-hydrogen) atoms. The van der Waals surface area contributed by atoms with Crippen LogP contribution in [0.1, 0.15) is 18.9 Å². The van der Waals surface area contributed by atoms with Crippen LogP contribution in [0.2, 0.25) is 5.02 Å². The summed E-state index contributed by atoms with van der Waals surface area (Å²) in [4.78, 5) is 1.29. The third-order valence-corrected chi connectivity index (χ3v) is 3.60. The molecule has 126 valence electrons. The number of hydrogen-bond acceptors (Lipinski definition) is 5. The van der Waals surface area contributed by atoms with Crippen LogP contribution in [0.15, 0.2) is 28.7 Å². The molecule has 0 saturated heterocycles. The van der Waals surface area contributed by atoms with Crippen molar-refractivity contribution in [3.63, 3.8) is 0 Å². The van der Waals surface area contributed by atoms with Gasteiger partial charge in [0.15, 0.2) is 6.10 Å². The SMILES string of the molecule is CC(c1nnc(-c2cccc(Cl)c2)o1)N(C)CC(O)C(F)(F)F. The third-order valence-electron chi connectivity index (χ3n) is 3.37. The molecule has 1 heterocycles. The van der Waals surface area contributed by atoms with Crippen LogP contribution >= 0.6 is 11.6 Å². The molecule has 0 radical (unpaired) electrons. The van der Waals surface area contributed by atoms with Gasteiger partial charge in [0, 0.05) is 17.1 Å². The van der Waals surface area contributed by atoms with E-state index < -0.39 is 24.9 Å². The predicted octanol–water partition coefficient (Wildman–Crippen LogP) is 3.31. The molecule has 1 aromatic carbocycles. The van der Waals surface area contributed by atoms with Gasteiger partial charge in [-0.15, -0.1) is 10.2 Å². The smallest absolute Gasteiger partial charge is 0.415 e. The van der Waals surface area contributed by atoms with E-state index in [4.69, 9.17) is 21.1 Å². The Labute approximate surface area is 135 Å². The van der Waals surface area contributed by atoms with Crippen LogP contribution < -0.4 is 0 Å². The van der Waals surface area contributed by atoms with Gasteiger partial charge in [0.1, 0.15) is 0 Å². The summed E-state index contributed by atoms with van der Waals surface area (Å²) in [5, 5.41) is 17.3. The zero-order chi connectivity index (χ0) is 17.2. The summed E-state index contributed by atoms with van der Waals surface area (Å²) in [7, 11) is 1.43. The summed E-state index contributed by atoms with van der Waals surface area (Å²) in [6, 6.07) is 6.19. The summed E-state index contributed by atoms with van der Waals surface area (Å²) in [6.45, 7) is 1.01. The van der Waals surface area contributed by atoms with Gasteiger partial charge in [-0.25, -0.2) is 0 Å². The van der Waals surface area contributed by atoms with Crippen molar-refractivity contribution in [1.29, 1.82) is 0 Å². The Kier molecular flexibility index (Phi) is 5.28. The van der Waals surface area contributed by atoms with Crippen molar-refractivity contribution in [1.82, 2.24) is 15.1 Å². The Morgan fingerprint density at radius 1 is 1.35 bits per heavy atom. The van der Waals surface area contributed by atoms with Crippen LogP contribution in [0.3, 0.4) is 0 Å². The van der Waals surface area contributed by atoms with Crippen LogP contribution in [-0.2, 0) is 0 Å². The molecule has 1 aromatic heterocycles.